The highest BCUT2D eigenvalue weighted by atomic mass is 16.7. The molecule has 2 atom stereocenters. The van der Waals surface area contributed by atoms with Crippen molar-refractivity contribution < 1.29 is 14.3 Å². The van der Waals surface area contributed by atoms with Crippen molar-refractivity contribution in [3.05, 3.63) is 18.2 Å². The summed E-state index contributed by atoms with van der Waals surface area (Å²) in [5, 5.41) is 2.95. The van der Waals surface area contributed by atoms with Gasteiger partial charge in [-0.1, -0.05) is 6.92 Å². The first-order chi connectivity index (χ1) is 9.70. The van der Waals surface area contributed by atoms with Crippen LogP contribution in [0.2, 0.25) is 0 Å². The van der Waals surface area contributed by atoms with Crippen molar-refractivity contribution in [3.63, 3.8) is 0 Å². The number of nitrogens with one attached hydrogen (secondary N) is 1. The van der Waals surface area contributed by atoms with Crippen molar-refractivity contribution in [1.82, 2.24) is 4.90 Å². The summed E-state index contributed by atoms with van der Waals surface area (Å²) >= 11 is 0. The van der Waals surface area contributed by atoms with Gasteiger partial charge in [0.2, 0.25) is 6.79 Å². The van der Waals surface area contributed by atoms with Crippen LogP contribution in [0.1, 0.15) is 19.8 Å². The minimum Gasteiger partial charge on any atom is -0.454 e. The van der Waals surface area contributed by atoms with Gasteiger partial charge in [0.1, 0.15) is 0 Å². The molecule has 0 radical (unpaired) electrons. The smallest absolute Gasteiger partial charge is 0.321 e. The second kappa shape index (κ2) is 4.04. The molecule has 0 bridgehead atoms. The first-order valence-corrected chi connectivity index (χ1v) is 7.16. The van der Waals surface area contributed by atoms with Gasteiger partial charge in [0.15, 0.2) is 11.5 Å². The Balaban J connectivity index is 1.43. The molecular formula is C15H18N2O3. The monoisotopic (exact) mass is 274 g/mol. The summed E-state index contributed by atoms with van der Waals surface area (Å²) in [6, 6.07) is 5.47. The van der Waals surface area contributed by atoms with E-state index in [-0.39, 0.29) is 12.8 Å². The fourth-order valence-electron chi connectivity index (χ4n) is 3.47. The summed E-state index contributed by atoms with van der Waals surface area (Å²) < 4.78 is 10.6. The Morgan fingerprint density at radius 3 is 3.10 bits per heavy atom. The fourth-order valence-corrected chi connectivity index (χ4v) is 3.47. The lowest BCUT2D eigenvalue weighted by atomic mass is 10.0. The van der Waals surface area contributed by atoms with Crippen molar-refractivity contribution in [1.29, 1.82) is 0 Å². The molecule has 1 aromatic carbocycles. The summed E-state index contributed by atoms with van der Waals surface area (Å²) in [6.45, 7) is 4.26. The lowest BCUT2D eigenvalue weighted by Gasteiger charge is -2.21. The molecule has 3 aliphatic rings. The Morgan fingerprint density at radius 2 is 2.30 bits per heavy atom. The van der Waals surface area contributed by atoms with Crippen LogP contribution < -0.4 is 14.8 Å². The van der Waals surface area contributed by atoms with Crippen LogP contribution in [0.3, 0.4) is 0 Å². The molecule has 1 aromatic rings. The molecule has 2 heterocycles. The van der Waals surface area contributed by atoms with Crippen molar-refractivity contribution >= 4 is 11.7 Å². The number of nitrogens with zero attached hydrogens (tertiary/aromatic N) is 1. The van der Waals surface area contributed by atoms with E-state index < -0.39 is 0 Å². The minimum absolute atomic E-state index is 0.0103. The SMILES string of the molecule is CCC12CC1CN(C(=O)Nc1ccc3c(c1)OCO3)C2. The zero-order valence-electron chi connectivity index (χ0n) is 11.5. The van der Waals surface area contributed by atoms with Gasteiger partial charge in [-0.3, -0.25) is 0 Å². The molecule has 2 aliphatic heterocycles. The average molecular weight is 274 g/mol. The number of piperidine rings is 1. The van der Waals surface area contributed by atoms with Crippen LogP contribution in [0.5, 0.6) is 11.5 Å². The average Bonchev–Trinajstić information content (AvgIpc) is 2.84. The lowest BCUT2D eigenvalue weighted by Crippen LogP contribution is -2.35. The molecule has 1 saturated heterocycles. The standard InChI is InChI=1S/C15H18N2O3/c1-2-15-6-10(15)7-17(8-15)14(18)16-11-3-4-12-13(5-11)20-9-19-12/h3-5,10H,2,6-9H2,1H3,(H,16,18). The molecular weight excluding hydrogens is 256 g/mol. The van der Waals surface area contributed by atoms with Crippen molar-refractivity contribution in [2.45, 2.75) is 19.8 Å². The number of amides is 2. The second-order valence-corrected chi connectivity index (χ2v) is 6.00. The number of carbonyl (C=O) groups excluding carboxylic acids is 1. The van der Waals surface area contributed by atoms with E-state index in [0.717, 1.165) is 30.4 Å². The zero-order valence-corrected chi connectivity index (χ0v) is 11.5. The van der Waals surface area contributed by atoms with Gasteiger partial charge in [-0.25, -0.2) is 4.79 Å². The van der Waals surface area contributed by atoms with Crippen molar-refractivity contribution in [2.24, 2.45) is 11.3 Å². The third kappa shape index (κ3) is 1.72. The topological polar surface area (TPSA) is 50.8 Å². The molecule has 5 nitrogen and oxygen atoms in total. The highest BCUT2D eigenvalue weighted by molar-refractivity contribution is 5.90. The Labute approximate surface area is 117 Å². The van der Waals surface area contributed by atoms with Crippen molar-refractivity contribution in [3.8, 4) is 11.5 Å². The molecule has 2 unspecified atom stereocenters. The Kier molecular flexibility index (Phi) is 2.40. The number of hydrogen-bond donors (Lipinski definition) is 1. The number of hydrogen-bond acceptors (Lipinski definition) is 3. The van der Waals surface area contributed by atoms with E-state index in [9.17, 15) is 4.79 Å². The van der Waals surface area contributed by atoms with Crippen LogP contribution in [0, 0.1) is 11.3 Å². The number of fused-ring (bicyclic) bond motifs is 2. The summed E-state index contributed by atoms with van der Waals surface area (Å²) in [7, 11) is 0. The predicted octanol–water partition coefficient (Wildman–Crippen LogP) is 2.68. The van der Waals surface area contributed by atoms with E-state index in [1.54, 1.807) is 0 Å². The van der Waals surface area contributed by atoms with Gasteiger partial charge >= 0.3 is 6.03 Å². The van der Waals surface area contributed by atoms with Crippen LogP contribution >= 0.6 is 0 Å². The molecule has 20 heavy (non-hydrogen) atoms. The Hall–Kier alpha value is -1.91. The maximum Gasteiger partial charge on any atom is 0.321 e. The molecule has 2 amide bonds. The van der Waals surface area contributed by atoms with E-state index in [1.807, 2.05) is 23.1 Å². The summed E-state index contributed by atoms with van der Waals surface area (Å²) in [5.41, 5.74) is 1.18. The highest BCUT2D eigenvalue weighted by Gasteiger charge is 2.59. The van der Waals surface area contributed by atoms with E-state index in [2.05, 4.69) is 12.2 Å². The van der Waals surface area contributed by atoms with Gasteiger partial charge in [0, 0.05) is 24.8 Å². The molecule has 4 rings (SSSR count). The van der Waals surface area contributed by atoms with Crippen LogP contribution in [0.4, 0.5) is 10.5 Å². The number of ether oxygens (including phenoxy) is 2. The van der Waals surface area contributed by atoms with E-state index in [0.29, 0.717) is 11.2 Å². The largest absolute Gasteiger partial charge is 0.454 e. The first-order valence-electron chi connectivity index (χ1n) is 7.16. The van der Waals surface area contributed by atoms with Crippen LogP contribution in [-0.4, -0.2) is 30.8 Å². The maximum absolute atomic E-state index is 12.3. The van der Waals surface area contributed by atoms with E-state index in [4.69, 9.17) is 9.47 Å². The fraction of sp³-hybridized carbons (Fsp3) is 0.533. The third-order valence-electron chi connectivity index (χ3n) is 4.92. The molecule has 0 aromatic heterocycles. The molecule has 5 heteroatoms. The van der Waals surface area contributed by atoms with Gasteiger partial charge in [-0.2, -0.15) is 0 Å². The normalized spacial score (nSPS) is 29.2. The second-order valence-electron chi connectivity index (χ2n) is 6.00. The molecule has 2 fully saturated rings. The van der Waals surface area contributed by atoms with Gasteiger partial charge in [0.05, 0.1) is 0 Å². The predicted molar refractivity (Wildman–Crippen MR) is 74.0 cm³/mol. The number of anilines is 1. The first kappa shape index (κ1) is 11.9. The summed E-state index contributed by atoms with van der Waals surface area (Å²) in [4.78, 5) is 14.2. The number of rotatable bonds is 2. The van der Waals surface area contributed by atoms with Gasteiger partial charge in [-0.05, 0) is 36.3 Å². The molecule has 106 valence electrons. The summed E-state index contributed by atoms with van der Waals surface area (Å²) in [6.07, 6.45) is 2.46. The van der Waals surface area contributed by atoms with Gasteiger partial charge in [0.25, 0.3) is 0 Å². The lowest BCUT2D eigenvalue weighted by molar-refractivity contribution is 0.174. The van der Waals surface area contributed by atoms with E-state index in [1.165, 1.54) is 12.8 Å². The number of likely N-dealkylation sites (tertiary alicyclic amines) is 1. The van der Waals surface area contributed by atoms with Crippen LogP contribution in [0.25, 0.3) is 0 Å². The van der Waals surface area contributed by atoms with Crippen molar-refractivity contribution in [2.75, 3.05) is 25.2 Å². The quantitative estimate of drug-likeness (QED) is 0.902. The Morgan fingerprint density at radius 1 is 1.45 bits per heavy atom. The van der Waals surface area contributed by atoms with E-state index >= 15 is 0 Å². The Bertz CT molecular complexity index is 570. The molecule has 1 N–H and O–H groups in total. The number of benzene rings is 1. The molecule has 0 spiro atoms. The van der Waals surface area contributed by atoms with Crippen LogP contribution in [-0.2, 0) is 0 Å². The number of carbonyl (C=O) groups is 1. The highest BCUT2D eigenvalue weighted by Crippen LogP contribution is 2.59. The van der Waals surface area contributed by atoms with Crippen LogP contribution in [0.15, 0.2) is 18.2 Å². The van der Waals surface area contributed by atoms with Gasteiger partial charge in [-0.15, -0.1) is 0 Å². The number of urea groups is 1. The minimum atomic E-state index is -0.0103. The zero-order chi connectivity index (χ0) is 13.7. The molecule has 1 aliphatic carbocycles. The summed E-state index contributed by atoms with van der Waals surface area (Å²) in [5.74, 6) is 2.14. The molecule has 1 saturated carbocycles. The van der Waals surface area contributed by atoms with Gasteiger partial charge < -0.3 is 19.7 Å². The third-order valence-corrected chi connectivity index (χ3v) is 4.92. The maximum atomic E-state index is 12.3.